The van der Waals surface area contributed by atoms with Crippen LogP contribution in [0.2, 0.25) is 0 Å². The molecule has 0 radical (unpaired) electrons. The number of nitrogens with one attached hydrogen (secondary N) is 1. The topological polar surface area (TPSA) is 54.2 Å². The van der Waals surface area contributed by atoms with Crippen molar-refractivity contribution in [2.45, 2.75) is 63.6 Å². The molecule has 0 aliphatic carbocycles. The second kappa shape index (κ2) is 5.59. The fourth-order valence-electron chi connectivity index (χ4n) is 3.75. The van der Waals surface area contributed by atoms with Crippen molar-refractivity contribution in [3.63, 3.8) is 0 Å². The summed E-state index contributed by atoms with van der Waals surface area (Å²) in [5.74, 6) is 1.52. The molecule has 0 aromatic carbocycles. The lowest BCUT2D eigenvalue weighted by Gasteiger charge is -2.48. The van der Waals surface area contributed by atoms with Gasteiger partial charge in [0.05, 0.1) is 0 Å². The molecule has 2 unspecified atom stereocenters. The fraction of sp³-hybridized carbons (Fsp3) is 0.857. The number of hydrogen-bond acceptors (Lipinski definition) is 5. The van der Waals surface area contributed by atoms with Crippen LogP contribution in [0.1, 0.15) is 43.8 Å². The summed E-state index contributed by atoms with van der Waals surface area (Å²) >= 11 is 0. The summed E-state index contributed by atoms with van der Waals surface area (Å²) < 4.78 is 5.22. The van der Waals surface area contributed by atoms with Crippen LogP contribution in [0.15, 0.2) is 4.52 Å². The minimum Gasteiger partial charge on any atom is -0.339 e. The van der Waals surface area contributed by atoms with Crippen molar-refractivity contribution in [2.75, 3.05) is 13.6 Å². The SMILES string of the molecule is CNC1CC2CCCC(C1)N2CCc1nc(C)no1. The standard InChI is InChI=1S/C14H24N4O/c1-10-16-14(19-17-10)6-7-18-12-4-3-5-13(18)9-11(8-12)15-2/h11-13,15H,3-9H2,1-2H3. The number of rotatable bonds is 4. The first kappa shape index (κ1) is 13.1. The summed E-state index contributed by atoms with van der Waals surface area (Å²) in [6.45, 7) is 2.94. The van der Waals surface area contributed by atoms with Crippen molar-refractivity contribution in [3.8, 4) is 0 Å². The molecule has 2 fully saturated rings. The molecular weight excluding hydrogens is 240 g/mol. The van der Waals surface area contributed by atoms with Gasteiger partial charge in [-0.2, -0.15) is 4.98 Å². The molecule has 2 aliphatic rings. The van der Waals surface area contributed by atoms with Crippen molar-refractivity contribution in [1.82, 2.24) is 20.4 Å². The highest BCUT2D eigenvalue weighted by molar-refractivity contribution is 4.96. The van der Waals surface area contributed by atoms with E-state index in [-0.39, 0.29) is 0 Å². The number of aryl methyl sites for hydroxylation is 1. The molecule has 2 bridgehead atoms. The van der Waals surface area contributed by atoms with Gasteiger partial charge < -0.3 is 9.84 Å². The van der Waals surface area contributed by atoms with Crippen LogP contribution in [0.4, 0.5) is 0 Å². The number of aromatic nitrogens is 2. The van der Waals surface area contributed by atoms with Crippen LogP contribution < -0.4 is 5.32 Å². The highest BCUT2D eigenvalue weighted by Crippen LogP contribution is 2.33. The monoisotopic (exact) mass is 264 g/mol. The Morgan fingerprint density at radius 2 is 2.05 bits per heavy atom. The van der Waals surface area contributed by atoms with Gasteiger partial charge in [-0.05, 0) is 39.7 Å². The van der Waals surface area contributed by atoms with Crippen LogP contribution in [0.25, 0.3) is 0 Å². The lowest BCUT2D eigenvalue weighted by Crippen LogP contribution is -2.56. The van der Waals surface area contributed by atoms with Gasteiger partial charge in [-0.1, -0.05) is 11.6 Å². The van der Waals surface area contributed by atoms with Crippen LogP contribution >= 0.6 is 0 Å². The summed E-state index contributed by atoms with van der Waals surface area (Å²) in [6.07, 6.45) is 7.54. The second-order valence-electron chi connectivity index (χ2n) is 5.92. The summed E-state index contributed by atoms with van der Waals surface area (Å²) in [5.41, 5.74) is 0. The third-order valence-electron chi connectivity index (χ3n) is 4.69. The largest absolute Gasteiger partial charge is 0.339 e. The second-order valence-corrected chi connectivity index (χ2v) is 5.92. The molecule has 19 heavy (non-hydrogen) atoms. The molecule has 0 spiro atoms. The third-order valence-corrected chi connectivity index (χ3v) is 4.69. The molecular formula is C14H24N4O. The third kappa shape index (κ3) is 2.82. The average molecular weight is 264 g/mol. The Hall–Kier alpha value is -0.940. The summed E-state index contributed by atoms with van der Waals surface area (Å²) in [7, 11) is 2.09. The van der Waals surface area contributed by atoms with Gasteiger partial charge in [0.25, 0.3) is 0 Å². The van der Waals surface area contributed by atoms with E-state index in [4.69, 9.17) is 4.52 Å². The summed E-state index contributed by atoms with van der Waals surface area (Å²) in [4.78, 5) is 6.99. The number of piperidine rings is 2. The first-order valence-electron chi connectivity index (χ1n) is 7.48. The zero-order valence-corrected chi connectivity index (χ0v) is 11.9. The van der Waals surface area contributed by atoms with Crippen molar-refractivity contribution in [2.24, 2.45) is 0 Å². The van der Waals surface area contributed by atoms with Gasteiger partial charge in [0.1, 0.15) is 0 Å². The molecule has 1 aromatic rings. The maximum Gasteiger partial charge on any atom is 0.227 e. The number of nitrogens with zero attached hydrogens (tertiary/aromatic N) is 3. The molecule has 1 N–H and O–H groups in total. The van der Waals surface area contributed by atoms with Crippen molar-refractivity contribution >= 4 is 0 Å². The van der Waals surface area contributed by atoms with E-state index in [1.54, 1.807) is 0 Å². The first-order valence-corrected chi connectivity index (χ1v) is 7.48. The summed E-state index contributed by atoms with van der Waals surface area (Å²) in [6, 6.07) is 2.19. The van der Waals surface area contributed by atoms with E-state index in [1.165, 1.54) is 32.1 Å². The maximum absolute atomic E-state index is 5.22. The normalized spacial score (nSPS) is 31.6. The minimum atomic E-state index is 0.706. The molecule has 106 valence electrons. The minimum absolute atomic E-state index is 0.706. The van der Waals surface area contributed by atoms with E-state index in [2.05, 4.69) is 27.4 Å². The molecule has 2 saturated heterocycles. The van der Waals surface area contributed by atoms with Gasteiger partial charge in [0.2, 0.25) is 5.89 Å². The number of fused-ring (bicyclic) bond motifs is 2. The first-order chi connectivity index (χ1) is 9.26. The van der Waals surface area contributed by atoms with E-state index < -0.39 is 0 Å². The molecule has 0 saturated carbocycles. The Balaban J connectivity index is 1.61. The Labute approximate surface area is 114 Å². The predicted molar refractivity (Wildman–Crippen MR) is 73.0 cm³/mol. The molecule has 2 atom stereocenters. The maximum atomic E-state index is 5.22. The quantitative estimate of drug-likeness (QED) is 0.893. The molecule has 3 heterocycles. The van der Waals surface area contributed by atoms with E-state index in [9.17, 15) is 0 Å². The Bertz CT molecular complexity index is 405. The van der Waals surface area contributed by atoms with Crippen molar-refractivity contribution in [1.29, 1.82) is 0 Å². The van der Waals surface area contributed by atoms with Gasteiger partial charge in [-0.15, -0.1) is 0 Å². The Kier molecular flexibility index (Phi) is 3.84. The van der Waals surface area contributed by atoms with Crippen molar-refractivity contribution in [3.05, 3.63) is 11.7 Å². The molecule has 5 nitrogen and oxygen atoms in total. The van der Waals surface area contributed by atoms with Crippen LogP contribution in [0, 0.1) is 6.92 Å². The smallest absolute Gasteiger partial charge is 0.227 e. The van der Waals surface area contributed by atoms with Crippen LogP contribution in [-0.4, -0.2) is 46.8 Å². The molecule has 3 rings (SSSR count). The molecule has 5 heteroatoms. The Morgan fingerprint density at radius 3 is 2.63 bits per heavy atom. The highest BCUT2D eigenvalue weighted by atomic mass is 16.5. The van der Waals surface area contributed by atoms with Crippen LogP contribution in [0.5, 0.6) is 0 Å². The van der Waals surface area contributed by atoms with Crippen LogP contribution in [0.3, 0.4) is 0 Å². The molecule has 2 aliphatic heterocycles. The van der Waals surface area contributed by atoms with Gasteiger partial charge in [-0.25, -0.2) is 0 Å². The lowest BCUT2D eigenvalue weighted by atomic mass is 9.81. The highest BCUT2D eigenvalue weighted by Gasteiger charge is 2.37. The fourth-order valence-corrected chi connectivity index (χ4v) is 3.75. The van der Waals surface area contributed by atoms with E-state index in [1.807, 2.05) is 6.92 Å². The van der Waals surface area contributed by atoms with Gasteiger partial charge in [-0.3, -0.25) is 4.90 Å². The molecule has 0 amide bonds. The molecule has 1 aromatic heterocycles. The van der Waals surface area contributed by atoms with E-state index in [0.29, 0.717) is 6.04 Å². The van der Waals surface area contributed by atoms with Crippen LogP contribution in [-0.2, 0) is 6.42 Å². The van der Waals surface area contributed by atoms with Gasteiger partial charge in [0, 0.05) is 31.1 Å². The zero-order valence-electron chi connectivity index (χ0n) is 11.9. The van der Waals surface area contributed by atoms with E-state index >= 15 is 0 Å². The van der Waals surface area contributed by atoms with Gasteiger partial charge >= 0.3 is 0 Å². The van der Waals surface area contributed by atoms with Gasteiger partial charge in [0.15, 0.2) is 5.82 Å². The predicted octanol–water partition coefficient (Wildman–Crippen LogP) is 1.53. The Morgan fingerprint density at radius 1 is 1.32 bits per heavy atom. The summed E-state index contributed by atoms with van der Waals surface area (Å²) in [5, 5.41) is 7.33. The van der Waals surface area contributed by atoms with E-state index in [0.717, 1.165) is 36.8 Å². The number of hydrogen-bond donors (Lipinski definition) is 1. The average Bonchev–Trinajstić information content (AvgIpc) is 2.81. The zero-order chi connectivity index (χ0) is 13.2. The lowest BCUT2D eigenvalue weighted by molar-refractivity contribution is 0.0255. The van der Waals surface area contributed by atoms with Crippen molar-refractivity contribution < 1.29 is 4.52 Å².